The fourth-order valence-electron chi connectivity index (χ4n) is 2.02. The van der Waals surface area contributed by atoms with Crippen LogP contribution < -0.4 is 15.8 Å². The number of hydrogen-bond acceptors (Lipinski definition) is 3. The summed E-state index contributed by atoms with van der Waals surface area (Å²) >= 11 is 3.41. The van der Waals surface area contributed by atoms with E-state index in [-0.39, 0.29) is 18.6 Å². The van der Waals surface area contributed by atoms with Crippen molar-refractivity contribution in [2.45, 2.75) is 13.0 Å². The summed E-state index contributed by atoms with van der Waals surface area (Å²) in [7, 11) is 0. The van der Waals surface area contributed by atoms with Crippen LogP contribution in [0.25, 0.3) is 0 Å². The van der Waals surface area contributed by atoms with Crippen LogP contribution in [-0.2, 0) is 4.79 Å². The van der Waals surface area contributed by atoms with Crippen molar-refractivity contribution in [2.75, 3.05) is 6.61 Å². The van der Waals surface area contributed by atoms with Gasteiger partial charge in [0.05, 0.1) is 6.04 Å². The first-order valence-corrected chi connectivity index (χ1v) is 7.82. The minimum Gasteiger partial charge on any atom is -0.484 e. The van der Waals surface area contributed by atoms with Gasteiger partial charge in [-0.15, -0.1) is 0 Å². The molecule has 0 aromatic heterocycles. The normalized spacial score (nSPS) is 11.6. The monoisotopic (exact) mass is 376 g/mol. The van der Waals surface area contributed by atoms with E-state index in [2.05, 4.69) is 21.2 Å². The highest BCUT2D eigenvalue weighted by atomic mass is 79.9. The largest absolute Gasteiger partial charge is 0.484 e. The van der Waals surface area contributed by atoms with Crippen LogP contribution in [0.5, 0.6) is 5.75 Å². The van der Waals surface area contributed by atoms with Crippen molar-refractivity contribution in [1.29, 1.82) is 0 Å². The number of ether oxygens (including phenoxy) is 1. The van der Waals surface area contributed by atoms with Crippen LogP contribution in [-0.4, -0.2) is 18.4 Å². The molecule has 0 saturated carbocycles. The Balaban J connectivity index is 2.05. The number of carbonyl (C=O) groups excluding carboxylic acids is 2. The van der Waals surface area contributed by atoms with E-state index in [0.29, 0.717) is 11.3 Å². The maximum absolute atomic E-state index is 12.3. The van der Waals surface area contributed by atoms with Crippen LogP contribution >= 0.6 is 15.9 Å². The molecule has 2 aromatic rings. The Labute approximate surface area is 143 Å². The average Bonchev–Trinajstić information content (AvgIpc) is 2.53. The first-order chi connectivity index (χ1) is 11.0. The SMILES string of the molecule is CC(NC(=O)c1cccc(OCC(N)=O)c1)c1cccc(Br)c1. The van der Waals surface area contributed by atoms with E-state index < -0.39 is 5.91 Å². The Morgan fingerprint density at radius 2 is 1.96 bits per heavy atom. The fourth-order valence-corrected chi connectivity index (χ4v) is 2.44. The zero-order chi connectivity index (χ0) is 16.8. The molecule has 2 amide bonds. The van der Waals surface area contributed by atoms with Gasteiger partial charge in [-0.05, 0) is 42.8 Å². The van der Waals surface area contributed by atoms with Gasteiger partial charge in [0.25, 0.3) is 11.8 Å². The second kappa shape index (κ2) is 7.78. The molecule has 0 radical (unpaired) electrons. The number of hydrogen-bond donors (Lipinski definition) is 2. The van der Waals surface area contributed by atoms with E-state index in [1.807, 2.05) is 31.2 Å². The van der Waals surface area contributed by atoms with E-state index in [4.69, 9.17) is 10.5 Å². The standard InChI is InChI=1S/C17H17BrN2O3/c1-11(12-4-2-6-14(18)8-12)20-17(22)13-5-3-7-15(9-13)23-10-16(19)21/h2-9,11H,10H2,1H3,(H2,19,21)(H,20,22). The lowest BCUT2D eigenvalue weighted by atomic mass is 10.1. The highest BCUT2D eigenvalue weighted by Crippen LogP contribution is 2.19. The molecule has 6 heteroatoms. The molecule has 3 N–H and O–H groups in total. The van der Waals surface area contributed by atoms with Crippen molar-refractivity contribution in [3.63, 3.8) is 0 Å². The molecule has 2 aromatic carbocycles. The van der Waals surface area contributed by atoms with Crippen molar-refractivity contribution in [3.05, 3.63) is 64.1 Å². The predicted octanol–water partition coefficient (Wildman–Crippen LogP) is 2.80. The lowest BCUT2D eigenvalue weighted by Crippen LogP contribution is -2.26. The number of nitrogens with two attached hydrogens (primary N) is 1. The van der Waals surface area contributed by atoms with Gasteiger partial charge in [0, 0.05) is 10.0 Å². The summed E-state index contributed by atoms with van der Waals surface area (Å²) in [5.41, 5.74) is 6.48. The first kappa shape index (κ1) is 17.0. The van der Waals surface area contributed by atoms with Crippen molar-refractivity contribution < 1.29 is 14.3 Å². The van der Waals surface area contributed by atoms with Crippen molar-refractivity contribution in [2.24, 2.45) is 5.73 Å². The van der Waals surface area contributed by atoms with Gasteiger partial charge in [-0.2, -0.15) is 0 Å². The van der Waals surface area contributed by atoms with Gasteiger partial charge >= 0.3 is 0 Å². The van der Waals surface area contributed by atoms with Gasteiger partial charge in [-0.3, -0.25) is 9.59 Å². The lowest BCUT2D eigenvalue weighted by Gasteiger charge is -2.15. The van der Waals surface area contributed by atoms with Crippen LogP contribution in [0.1, 0.15) is 28.9 Å². The summed E-state index contributed by atoms with van der Waals surface area (Å²) in [6.07, 6.45) is 0. The minimum atomic E-state index is -0.567. The average molecular weight is 377 g/mol. The molecule has 5 nitrogen and oxygen atoms in total. The highest BCUT2D eigenvalue weighted by molar-refractivity contribution is 9.10. The first-order valence-electron chi connectivity index (χ1n) is 7.03. The van der Waals surface area contributed by atoms with E-state index in [1.54, 1.807) is 24.3 Å². The molecule has 2 rings (SSSR count). The number of nitrogens with one attached hydrogen (secondary N) is 1. The minimum absolute atomic E-state index is 0.143. The summed E-state index contributed by atoms with van der Waals surface area (Å²) in [5.74, 6) is -0.364. The van der Waals surface area contributed by atoms with Gasteiger partial charge in [-0.1, -0.05) is 34.1 Å². The Morgan fingerprint density at radius 3 is 2.65 bits per heavy atom. The Morgan fingerprint density at radius 1 is 1.22 bits per heavy atom. The molecule has 0 aliphatic heterocycles. The lowest BCUT2D eigenvalue weighted by molar-refractivity contribution is -0.119. The van der Waals surface area contributed by atoms with E-state index in [9.17, 15) is 9.59 Å². The maximum atomic E-state index is 12.3. The maximum Gasteiger partial charge on any atom is 0.255 e. The topological polar surface area (TPSA) is 81.4 Å². The molecule has 23 heavy (non-hydrogen) atoms. The molecule has 1 unspecified atom stereocenters. The molecule has 1 atom stereocenters. The van der Waals surface area contributed by atoms with Crippen LogP contribution in [0.4, 0.5) is 0 Å². The molecule has 120 valence electrons. The van der Waals surface area contributed by atoms with Crippen molar-refractivity contribution in [1.82, 2.24) is 5.32 Å². The zero-order valence-electron chi connectivity index (χ0n) is 12.6. The number of carbonyl (C=O) groups is 2. The van der Waals surface area contributed by atoms with E-state index in [1.165, 1.54) is 0 Å². The van der Waals surface area contributed by atoms with Crippen LogP contribution in [0.2, 0.25) is 0 Å². The Bertz CT molecular complexity index is 718. The molecular weight excluding hydrogens is 360 g/mol. The molecule has 0 aliphatic carbocycles. The summed E-state index contributed by atoms with van der Waals surface area (Å²) in [5, 5.41) is 2.92. The van der Waals surface area contributed by atoms with Crippen LogP contribution in [0, 0.1) is 0 Å². The zero-order valence-corrected chi connectivity index (χ0v) is 14.2. The fraction of sp³-hybridized carbons (Fsp3) is 0.176. The molecule has 0 aliphatic rings. The summed E-state index contributed by atoms with van der Waals surface area (Å²) in [6, 6.07) is 14.2. The summed E-state index contributed by atoms with van der Waals surface area (Å²) < 4.78 is 6.16. The van der Waals surface area contributed by atoms with Gasteiger partial charge in [-0.25, -0.2) is 0 Å². The third-order valence-corrected chi connectivity index (χ3v) is 3.67. The third kappa shape index (κ3) is 5.10. The second-order valence-electron chi connectivity index (χ2n) is 5.03. The van der Waals surface area contributed by atoms with Gasteiger partial charge in [0.15, 0.2) is 6.61 Å². The molecule has 0 saturated heterocycles. The Hall–Kier alpha value is -2.34. The van der Waals surface area contributed by atoms with Gasteiger partial charge in [0.1, 0.15) is 5.75 Å². The number of amides is 2. The second-order valence-corrected chi connectivity index (χ2v) is 5.95. The van der Waals surface area contributed by atoms with Gasteiger partial charge < -0.3 is 15.8 Å². The van der Waals surface area contributed by atoms with Crippen LogP contribution in [0.15, 0.2) is 53.0 Å². The quantitative estimate of drug-likeness (QED) is 0.812. The summed E-state index contributed by atoms with van der Waals surface area (Å²) in [6.45, 7) is 1.69. The number of benzene rings is 2. The number of rotatable bonds is 6. The van der Waals surface area contributed by atoms with E-state index >= 15 is 0 Å². The molecule has 0 spiro atoms. The van der Waals surface area contributed by atoms with Crippen molar-refractivity contribution >= 4 is 27.7 Å². The molecule has 0 fully saturated rings. The van der Waals surface area contributed by atoms with E-state index in [0.717, 1.165) is 10.0 Å². The number of primary amides is 1. The number of halogens is 1. The predicted molar refractivity (Wildman–Crippen MR) is 91.2 cm³/mol. The molecule has 0 bridgehead atoms. The van der Waals surface area contributed by atoms with Gasteiger partial charge in [0.2, 0.25) is 0 Å². The van der Waals surface area contributed by atoms with Crippen molar-refractivity contribution in [3.8, 4) is 5.75 Å². The Kier molecular flexibility index (Phi) is 5.76. The third-order valence-electron chi connectivity index (χ3n) is 3.17. The smallest absolute Gasteiger partial charge is 0.255 e. The summed E-state index contributed by atoms with van der Waals surface area (Å²) in [4.78, 5) is 23.1. The molecule has 0 heterocycles. The molecular formula is C17H17BrN2O3. The van der Waals surface area contributed by atoms with Crippen LogP contribution in [0.3, 0.4) is 0 Å². The highest BCUT2D eigenvalue weighted by Gasteiger charge is 2.12.